The maximum Gasteiger partial charge on any atom is 0.145 e. The van der Waals surface area contributed by atoms with Crippen LogP contribution in [0.4, 0.5) is 21.7 Å². The Hall–Kier alpha value is -1.73. The molecule has 0 saturated carbocycles. The summed E-state index contributed by atoms with van der Waals surface area (Å²) in [4.78, 5) is 8.34. The van der Waals surface area contributed by atoms with Crippen LogP contribution in [0.3, 0.4) is 0 Å². The van der Waals surface area contributed by atoms with Gasteiger partial charge < -0.3 is 10.7 Å². The predicted molar refractivity (Wildman–Crippen MR) is 76.7 cm³/mol. The van der Waals surface area contributed by atoms with Crippen LogP contribution >= 0.6 is 15.9 Å². The van der Waals surface area contributed by atoms with Gasteiger partial charge in [0.15, 0.2) is 0 Å². The van der Waals surface area contributed by atoms with Crippen molar-refractivity contribution in [1.82, 2.24) is 9.97 Å². The highest BCUT2D eigenvalue weighted by molar-refractivity contribution is 9.10. The molecule has 0 aliphatic rings. The number of hydrogen-bond donors (Lipinski definition) is 3. The van der Waals surface area contributed by atoms with Gasteiger partial charge in [0.05, 0.1) is 4.47 Å². The summed E-state index contributed by atoms with van der Waals surface area (Å²) in [6, 6.07) is 4.78. The Morgan fingerprint density at radius 2 is 1.84 bits per heavy atom. The van der Waals surface area contributed by atoms with E-state index in [1.54, 1.807) is 19.1 Å². The second-order valence-corrected chi connectivity index (χ2v) is 4.89. The van der Waals surface area contributed by atoms with Crippen LogP contribution in [0.15, 0.2) is 22.7 Å². The number of aromatic nitrogens is 2. The van der Waals surface area contributed by atoms with Crippen LogP contribution in [0.25, 0.3) is 0 Å². The summed E-state index contributed by atoms with van der Waals surface area (Å²) in [5.41, 5.74) is 4.00. The molecule has 1 aromatic heterocycles. The van der Waals surface area contributed by atoms with Crippen molar-refractivity contribution in [2.24, 2.45) is 5.84 Å². The summed E-state index contributed by atoms with van der Waals surface area (Å²) in [6.45, 7) is 3.58. The van der Waals surface area contributed by atoms with Gasteiger partial charge in [-0.05, 0) is 47.5 Å². The Labute approximate surface area is 118 Å². The first kappa shape index (κ1) is 13.7. The molecule has 0 aliphatic carbocycles. The van der Waals surface area contributed by atoms with Crippen molar-refractivity contribution in [3.63, 3.8) is 0 Å². The van der Waals surface area contributed by atoms with E-state index in [9.17, 15) is 4.39 Å². The van der Waals surface area contributed by atoms with Crippen LogP contribution in [-0.2, 0) is 0 Å². The molecule has 7 heteroatoms. The van der Waals surface area contributed by atoms with E-state index in [4.69, 9.17) is 5.84 Å². The number of nitrogens with two attached hydrogens (primary N) is 1. The molecule has 0 fully saturated rings. The molecular weight excluding hydrogens is 313 g/mol. The molecule has 0 amide bonds. The van der Waals surface area contributed by atoms with Gasteiger partial charge in [0.25, 0.3) is 0 Å². The lowest BCUT2D eigenvalue weighted by Gasteiger charge is -2.11. The Bertz CT molecular complexity index is 617. The van der Waals surface area contributed by atoms with E-state index in [-0.39, 0.29) is 5.82 Å². The summed E-state index contributed by atoms with van der Waals surface area (Å²) in [6.07, 6.45) is 0. The number of halogens is 2. The monoisotopic (exact) mass is 325 g/mol. The molecule has 0 radical (unpaired) electrons. The Kier molecular flexibility index (Phi) is 3.96. The number of hydrogen-bond acceptors (Lipinski definition) is 5. The molecular formula is C12H13BrFN5. The van der Waals surface area contributed by atoms with E-state index in [2.05, 4.69) is 36.6 Å². The van der Waals surface area contributed by atoms with Crippen molar-refractivity contribution in [3.05, 3.63) is 39.9 Å². The molecule has 0 aliphatic heterocycles. The summed E-state index contributed by atoms with van der Waals surface area (Å²) < 4.78 is 13.7. The standard InChI is InChI=1S/C12H13BrFN5/c1-6-3-9(14)8(13)4-10(6)18-11-5-12(19-15)17-7(2)16-11/h3-5H,15H2,1-2H3,(H2,16,17,18,19). The molecule has 0 saturated heterocycles. The maximum absolute atomic E-state index is 13.4. The number of nitrogens with one attached hydrogen (secondary N) is 2. The number of aryl methyl sites for hydroxylation is 2. The van der Waals surface area contributed by atoms with Crippen LogP contribution in [-0.4, -0.2) is 9.97 Å². The highest BCUT2D eigenvalue weighted by atomic mass is 79.9. The molecule has 1 aromatic carbocycles. The summed E-state index contributed by atoms with van der Waals surface area (Å²) in [5, 5.41) is 3.11. The average Bonchev–Trinajstić information content (AvgIpc) is 2.35. The van der Waals surface area contributed by atoms with Gasteiger partial charge in [0, 0.05) is 11.8 Å². The van der Waals surface area contributed by atoms with Crippen LogP contribution < -0.4 is 16.6 Å². The van der Waals surface area contributed by atoms with Gasteiger partial charge in [-0.3, -0.25) is 0 Å². The fourth-order valence-corrected chi connectivity index (χ4v) is 1.97. The minimum Gasteiger partial charge on any atom is -0.340 e. The Morgan fingerprint density at radius 3 is 2.53 bits per heavy atom. The van der Waals surface area contributed by atoms with E-state index in [0.29, 0.717) is 21.9 Å². The topological polar surface area (TPSA) is 75.9 Å². The molecule has 0 spiro atoms. The van der Waals surface area contributed by atoms with E-state index < -0.39 is 0 Å². The minimum absolute atomic E-state index is 0.300. The summed E-state index contributed by atoms with van der Waals surface area (Å²) in [5.74, 6) is 6.70. The first-order chi connectivity index (χ1) is 8.99. The van der Waals surface area contributed by atoms with Crippen molar-refractivity contribution in [2.75, 3.05) is 10.7 Å². The lowest BCUT2D eigenvalue weighted by atomic mass is 10.2. The fraction of sp³-hybridized carbons (Fsp3) is 0.167. The number of nitrogen functional groups attached to an aromatic ring is 1. The maximum atomic E-state index is 13.4. The van der Waals surface area contributed by atoms with E-state index >= 15 is 0 Å². The highest BCUT2D eigenvalue weighted by Crippen LogP contribution is 2.26. The van der Waals surface area contributed by atoms with Gasteiger partial charge in [0.1, 0.15) is 23.3 Å². The molecule has 100 valence electrons. The van der Waals surface area contributed by atoms with E-state index in [0.717, 1.165) is 11.3 Å². The van der Waals surface area contributed by atoms with Crippen molar-refractivity contribution < 1.29 is 4.39 Å². The third kappa shape index (κ3) is 3.18. The van der Waals surface area contributed by atoms with Crippen LogP contribution in [0, 0.1) is 19.7 Å². The quantitative estimate of drug-likeness (QED) is 0.597. The van der Waals surface area contributed by atoms with Crippen LogP contribution in [0.5, 0.6) is 0 Å². The number of nitrogens with zero attached hydrogens (tertiary/aromatic N) is 2. The van der Waals surface area contributed by atoms with Crippen molar-refractivity contribution in [2.45, 2.75) is 13.8 Å². The molecule has 0 bridgehead atoms. The molecule has 1 heterocycles. The van der Waals surface area contributed by atoms with E-state index in [1.165, 1.54) is 6.07 Å². The predicted octanol–water partition coefficient (Wildman–Crippen LogP) is 3.02. The van der Waals surface area contributed by atoms with Crippen LogP contribution in [0.1, 0.15) is 11.4 Å². The van der Waals surface area contributed by atoms with Gasteiger partial charge >= 0.3 is 0 Å². The SMILES string of the molecule is Cc1nc(NN)cc(Nc2cc(Br)c(F)cc2C)n1. The Balaban J connectivity index is 2.36. The van der Waals surface area contributed by atoms with Gasteiger partial charge in [-0.1, -0.05) is 0 Å². The third-order valence-electron chi connectivity index (χ3n) is 2.52. The van der Waals surface area contributed by atoms with Crippen molar-refractivity contribution in [1.29, 1.82) is 0 Å². The van der Waals surface area contributed by atoms with Gasteiger partial charge in [0.2, 0.25) is 0 Å². The fourth-order valence-electron chi connectivity index (χ4n) is 1.62. The zero-order chi connectivity index (χ0) is 14.0. The zero-order valence-electron chi connectivity index (χ0n) is 10.5. The lowest BCUT2D eigenvalue weighted by molar-refractivity contribution is 0.620. The first-order valence-electron chi connectivity index (χ1n) is 5.54. The number of benzene rings is 1. The molecule has 5 nitrogen and oxygen atoms in total. The van der Waals surface area contributed by atoms with Crippen molar-refractivity contribution in [3.8, 4) is 0 Å². The van der Waals surface area contributed by atoms with Gasteiger partial charge in [-0.15, -0.1) is 0 Å². The van der Waals surface area contributed by atoms with Crippen molar-refractivity contribution >= 4 is 33.3 Å². The average molecular weight is 326 g/mol. The normalized spacial score (nSPS) is 10.4. The highest BCUT2D eigenvalue weighted by Gasteiger charge is 2.07. The lowest BCUT2D eigenvalue weighted by Crippen LogP contribution is -2.10. The number of anilines is 3. The molecule has 2 rings (SSSR count). The number of hydrazine groups is 1. The smallest absolute Gasteiger partial charge is 0.145 e. The molecule has 4 N–H and O–H groups in total. The second-order valence-electron chi connectivity index (χ2n) is 4.04. The summed E-state index contributed by atoms with van der Waals surface area (Å²) >= 11 is 3.16. The Morgan fingerprint density at radius 1 is 1.16 bits per heavy atom. The van der Waals surface area contributed by atoms with E-state index in [1.807, 2.05) is 6.92 Å². The molecule has 19 heavy (non-hydrogen) atoms. The first-order valence-corrected chi connectivity index (χ1v) is 6.34. The molecule has 0 unspecified atom stereocenters. The van der Waals surface area contributed by atoms with Gasteiger partial charge in [-0.25, -0.2) is 20.2 Å². The van der Waals surface area contributed by atoms with Crippen LogP contribution in [0.2, 0.25) is 0 Å². The zero-order valence-corrected chi connectivity index (χ0v) is 12.0. The molecule has 2 aromatic rings. The molecule has 0 atom stereocenters. The third-order valence-corrected chi connectivity index (χ3v) is 3.12. The summed E-state index contributed by atoms with van der Waals surface area (Å²) in [7, 11) is 0. The minimum atomic E-state index is -0.300. The second kappa shape index (κ2) is 5.50. The largest absolute Gasteiger partial charge is 0.340 e. The van der Waals surface area contributed by atoms with Gasteiger partial charge in [-0.2, -0.15) is 0 Å². The number of rotatable bonds is 3.